The van der Waals surface area contributed by atoms with Gasteiger partial charge in [0.05, 0.1) is 11.7 Å². The molecule has 4 nitrogen and oxygen atoms in total. The Bertz CT molecular complexity index is 441. The van der Waals surface area contributed by atoms with Crippen molar-refractivity contribution in [3.8, 4) is 0 Å². The molecule has 1 saturated heterocycles. The van der Waals surface area contributed by atoms with Crippen molar-refractivity contribution in [2.45, 2.75) is 51.5 Å². The van der Waals surface area contributed by atoms with Crippen molar-refractivity contribution in [1.29, 1.82) is 0 Å². The van der Waals surface area contributed by atoms with Crippen LogP contribution in [0.5, 0.6) is 0 Å². The van der Waals surface area contributed by atoms with Crippen LogP contribution in [-0.2, 0) is 5.41 Å². The van der Waals surface area contributed by atoms with Crippen LogP contribution in [0.3, 0.4) is 0 Å². The van der Waals surface area contributed by atoms with Gasteiger partial charge in [0.15, 0.2) is 5.81 Å². The first-order valence-electron chi connectivity index (χ1n) is 6.78. The summed E-state index contributed by atoms with van der Waals surface area (Å²) in [5, 5.41) is 0. The fourth-order valence-electron chi connectivity index (χ4n) is 2.46. The van der Waals surface area contributed by atoms with E-state index in [2.05, 4.69) is 25.8 Å². The third-order valence-electron chi connectivity index (χ3n) is 4.15. The van der Waals surface area contributed by atoms with E-state index in [-0.39, 0.29) is 17.3 Å². The van der Waals surface area contributed by atoms with Crippen molar-refractivity contribution < 1.29 is 4.79 Å². The number of likely N-dealkylation sites (tertiary alicyclic amines) is 1. The first kappa shape index (κ1) is 13.2. The Hall–Kier alpha value is -1.26. The van der Waals surface area contributed by atoms with E-state index >= 15 is 0 Å². The number of carbonyl (C=O) groups excluding carboxylic acids is 1. The number of hydrogen-bond acceptors (Lipinski definition) is 2. The summed E-state index contributed by atoms with van der Waals surface area (Å²) < 4.78 is 0. The molecule has 1 aromatic rings. The number of hydrogen-bond donors (Lipinski definition) is 1. The minimum atomic E-state index is 0.0917. The highest BCUT2D eigenvalue weighted by atomic mass is 16.2. The van der Waals surface area contributed by atoms with E-state index in [0.717, 1.165) is 37.3 Å². The summed E-state index contributed by atoms with van der Waals surface area (Å²) in [7, 11) is 1.64. The SMILES string of the molecule is BC(=O)N1CCCC1c1nc(C(C)(C)CC)c[nH]1. The van der Waals surface area contributed by atoms with E-state index in [0.29, 0.717) is 0 Å². The number of nitrogens with one attached hydrogen (secondary N) is 1. The van der Waals surface area contributed by atoms with Gasteiger partial charge in [0.1, 0.15) is 5.82 Å². The van der Waals surface area contributed by atoms with Crippen LogP contribution in [0.1, 0.15) is 57.6 Å². The number of rotatable bonds is 3. The Morgan fingerprint density at radius 2 is 2.39 bits per heavy atom. The molecule has 0 aliphatic carbocycles. The highest BCUT2D eigenvalue weighted by molar-refractivity contribution is 6.57. The fourth-order valence-corrected chi connectivity index (χ4v) is 2.46. The average Bonchev–Trinajstić information content (AvgIpc) is 2.97. The highest BCUT2D eigenvalue weighted by Crippen LogP contribution is 2.32. The standard InChI is InChI=1S/C13H22BN3O/c1-4-13(2,3)10-8-15-11(16-10)9-6-5-7-17(9)12(14)18/h8-9H,4-7,14H2,1-3H3,(H,15,16). The molecule has 1 N–H and O–H groups in total. The molecular formula is C13H22BN3O. The van der Waals surface area contributed by atoms with Crippen molar-refractivity contribution >= 4 is 13.7 Å². The van der Waals surface area contributed by atoms with Gasteiger partial charge in [0.2, 0.25) is 7.85 Å². The Labute approximate surface area is 110 Å². The van der Waals surface area contributed by atoms with Gasteiger partial charge in [-0.1, -0.05) is 20.8 Å². The normalized spacial score (nSPS) is 20.4. The molecule has 0 bridgehead atoms. The molecule has 1 atom stereocenters. The zero-order valence-electron chi connectivity index (χ0n) is 11.8. The van der Waals surface area contributed by atoms with Gasteiger partial charge in [-0.15, -0.1) is 0 Å². The molecule has 1 aromatic heterocycles. The molecule has 1 amide bonds. The predicted octanol–water partition coefficient (Wildman–Crippen LogP) is 1.99. The monoisotopic (exact) mass is 247 g/mol. The number of imidazole rings is 1. The lowest BCUT2D eigenvalue weighted by Gasteiger charge is -2.22. The maximum absolute atomic E-state index is 11.6. The minimum Gasteiger partial charge on any atom is -0.347 e. The lowest BCUT2D eigenvalue weighted by molar-refractivity contribution is 0.215. The van der Waals surface area contributed by atoms with Crippen molar-refractivity contribution in [1.82, 2.24) is 14.9 Å². The second-order valence-corrected chi connectivity index (χ2v) is 5.78. The summed E-state index contributed by atoms with van der Waals surface area (Å²) in [6, 6.07) is 0.143. The molecule has 1 unspecified atom stereocenters. The average molecular weight is 247 g/mol. The molecule has 98 valence electrons. The zero-order chi connectivity index (χ0) is 13.3. The summed E-state index contributed by atoms with van der Waals surface area (Å²) in [6.45, 7) is 7.42. The van der Waals surface area contributed by atoms with Gasteiger partial charge < -0.3 is 9.88 Å². The lowest BCUT2D eigenvalue weighted by atomic mass is 9.87. The van der Waals surface area contributed by atoms with Crippen LogP contribution in [0.2, 0.25) is 0 Å². The smallest absolute Gasteiger partial charge is 0.215 e. The number of aromatic amines is 1. The third-order valence-corrected chi connectivity index (χ3v) is 4.15. The fraction of sp³-hybridized carbons (Fsp3) is 0.692. The van der Waals surface area contributed by atoms with Gasteiger partial charge >= 0.3 is 0 Å². The van der Waals surface area contributed by atoms with Crippen LogP contribution < -0.4 is 0 Å². The van der Waals surface area contributed by atoms with E-state index in [1.807, 2.05) is 11.1 Å². The lowest BCUT2D eigenvalue weighted by Crippen LogP contribution is -2.30. The van der Waals surface area contributed by atoms with E-state index in [4.69, 9.17) is 4.98 Å². The molecule has 0 spiro atoms. The molecule has 18 heavy (non-hydrogen) atoms. The molecule has 2 heterocycles. The van der Waals surface area contributed by atoms with Gasteiger partial charge in [0.25, 0.3) is 0 Å². The molecule has 2 rings (SSSR count). The number of aromatic nitrogens is 2. The van der Waals surface area contributed by atoms with Crippen LogP contribution >= 0.6 is 0 Å². The summed E-state index contributed by atoms with van der Waals surface area (Å²) >= 11 is 0. The van der Waals surface area contributed by atoms with E-state index in [1.54, 1.807) is 7.85 Å². The number of amides is 1. The van der Waals surface area contributed by atoms with Crippen molar-refractivity contribution in [3.63, 3.8) is 0 Å². The Kier molecular flexibility index (Phi) is 3.50. The first-order chi connectivity index (χ1) is 8.45. The summed E-state index contributed by atoms with van der Waals surface area (Å²) in [5.41, 5.74) is 1.18. The summed E-state index contributed by atoms with van der Waals surface area (Å²) in [6.07, 6.45) is 5.13. The molecular weight excluding hydrogens is 225 g/mol. The van der Waals surface area contributed by atoms with Gasteiger partial charge in [-0.05, 0) is 19.3 Å². The van der Waals surface area contributed by atoms with Crippen LogP contribution in [0, 0.1) is 0 Å². The van der Waals surface area contributed by atoms with Gasteiger partial charge in [-0.3, -0.25) is 4.79 Å². The van der Waals surface area contributed by atoms with Crippen molar-refractivity contribution in [3.05, 3.63) is 17.7 Å². The van der Waals surface area contributed by atoms with Crippen molar-refractivity contribution in [2.24, 2.45) is 0 Å². The number of nitrogens with zero attached hydrogens (tertiary/aromatic N) is 2. The van der Waals surface area contributed by atoms with Crippen LogP contribution in [0.25, 0.3) is 0 Å². The minimum absolute atomic E-state index is 0.0917. The van der Waals surface area contributed by atoms with Gasteiger partial charge in [0, 0.05) is 18.2 Å². The quantitative estimate of drug-likeness (QED) is 0.830. The third kappa shape index (κ3) is 2.31. The van der Waals surface area contributed by atoms with Gasteiger partial charge in [-0.2, -0.15) is 0 Å². The largest absolute Gasteiger partial charge is 0.347 e. The Morgan fingerprint density at radius 3 is 3.00 bits per heavy atom. The zero-order valence-corrected chi connectivity index (χ0v) is 11.8. The number of carbonyl (C=O) groups is 1. The molecule has 0 radical (unpaired) electrons. The topological polar surface area (TPSA) is 49.0 Å². The maximum atomic E-state index is 11.6. The molecule has 5 heteroatoms. The highest BCUT2D eigenvalue weighted by Gasteiger charge is 2.31. The summed E-state index contributed by atoms with van der Waals surface area (Å²) in [5.74, 6) is 1.09. The maximum Gasteiger partial charge on any atom is 0.215 e. The Balaban J connectivity index is 2.22. The molecule has 1 aliphatic rings. The van der Waals surface area contributed by atoms with Crippen LogP contribution in [0.15, 0.2) is 6.20 Å². The van der Waals surface area contributed by atoms with E-state index in [9.17, 15) is 4.79 Å². The van der Waals surface area contributed by atoms with Crippen LogP contribution in [0.4, 0.5) is 4.79 Å². The first-order valence-corrected chi connectivity index (χ1v) is 6.78. The Morgan fingerprint density at radius 1 is 1.67 bits per heavy atom. The predicted molar refractivity (Wildman–Crippen MR) is 74.5 cm³/mol. The van der Waals surface area contributed by atoms with E-state index < -0.39 is 0 Å². The van der Waals surface area contributed by atoms with Crippen LogP contribution in [-0.4, -0.2) is 35.1 Å². The second-order valence-electron chi connectivity index (χ2n) is 5.78. The second kappa shape index (κ2) is 4.79. The molecule has 1 fully saturated rings. The van der Waals surface area contributed by atoms with Crippen molar-refractivity contribution in [2.75, 3.05) is 6.54 Å². The van der Waals surface area contributed by atoms with E-state index in [1.165, 1.54) is 0 Å². The number of H-pyrrole nitrogens is 1. The van der Waals surface area contributed by atoms with Gasteiger partial charge in [-0.25, -0.2) is 4.98 Å². The molecule has 1 aliphatic heterocycles. The molecule has 0 saturated carbocycles. The summed E-state index contributed by atoms with van der Waals surface area (Å²) in [4.78, 5) is 21.5. The molecule has 0 aromatic carbocycles.